The summed E-state index contributed by atoms with van der Waals surface area (Å²) in [5.74, 6) is 1.70. The van der Waals surface area contributed by atoms with Gasteiger partial charge in [-0.15, -0.1) is 0 Å². The SMILES string of the molecule is CC(C)CC1(C(=O)c2ccccc2C2CCC2)CCCC1. The molecule has 0 radical (unpaired) electrons. The lowest BCUT2D eigenvalue weighted by Crippen LogP contribution is -2.31. The third-order valence-corrected chi connectivity index (χ3v) is 5.59. The van der Waals surface area contributed by atoms with Gasteiger partial charge in [0.25, 0.3) is 0 Å². The van der Waals surface area contributed by atoms with Crippen LogP contribution in [0, 0.1) is 11.3 Å². The van der Waals surface area contributed by atoms with Crippen molar-refractivity contribution >= 4 is 5.78 Å². The third kappa shape index (κ3) is 2.80. The highest BCUT2D eigenvalue weighted by Gasteiger charge is 2.42. The molecule has 0 N–H and O–H groups in total. The minimum absolute atomic E-state index is 0.0615. The highest BCUT2D eigenvalue weighted by molar-refractivity contribution is 6.02. The van der Waals surface area contributed by atoms with Crippen molar-refractivity contribution in [2.45, 2.75) is 71.1 Å². The number of Topliss-reactive ketones (excluding diaryl/α,β-unsaturated/α-hetero) is 1. The Morgan fingerprint density at radius 3 is 2.38 bits per heavy atom. The number of ketones is 1. The van der Waals surface area contributed by atoms with Crippen LogP contribution in [0.3, 0.4) is 0 Å². The van der Waals surface area contributed by atoms with Crippen molar-refractivity contribution in [3.8, 4) is 0 Å². The highest BCUT2D eigenvalue weighted by Crippen LogP contribution is 2.47. The van der Waals surface area contributed by atoms with Crippen molar-refractivity contribution in [1.82, 2.24) is 0 Å². The summed E-state index contributed by atoms with van der Waals surface area (Å²) in [5.41, 5.74) is 2.32. The van der Waals surface area contributed by atoms with Crippen LogP contribution in [0.5, 0.6) is 0 Å². The van der Waals surface area contributed by atoms with E-state index >= 15 is 0 Å². The van der Waals surface area contributed by atoms with Crippen LogP contribution < -0.4 is 0 Å². The molecular weight excluding hydrogens is 256 g/mol. The molecule has 2 aliphatic rings. The van der Waals surface area contributed by atoms with Gasteiger partial charge in [-0.1, -0.05) is 57.4 Å². The molecule has 114 valence electrons. The number of carbonyl (C=O) groups excluding carboxylic acids is 1. The molecule has 0 aliphatic heterocycles. The van der Waals surface area contributed by atoms with Crippen molar-refractivity contribution < 1.29 is 4.79 Å². The first-order valence-corrected chi connectivity index (χ1v) is 8.76. The summed E-state index contributed by atoms with van der Waals surface area (Å²) in [6.07, 6.45) is 9.57. The lowest BCUT2D eigenvalue weighted by atomic mass is 9.70. The van der Waals surface area contributed by atoms with Gasteiger partial charge in [0.1, 0.15) is 0 Å². The molecule has 0 unspecified atom stereocenters. The molecule has 1 aromatic carbocycles. The van der Waals surface area contributed by atoms with Gasteiger partial charge in [0.2, 0.25) is 0 Å². The van der Waals surface area contributed by atoms with E-state index < -0.39 is 0 Å². The number of benzene rings is 1. The number of carbonyl (C=O) groups is 1. The van der Waals surface area contributed by atoms with Crippen LogP contribution in [0.25, 0.3) is 0 Å². The first kappa shape index (κ1) is 14.8. The average molecular weight is 284 g/mol. The van der Waals surface area contributed by atoms with E-state index in [1.54, 1.807) is 0 Å². The molecule has 2 aliphatic carbocycles. The lowest BCUT2D eigenvalue weighted by Gasteiger charge is -2.33. The van der Waals surface area contributed by atoms with Crippen LogP contribution in [-0.4, -0.2) is 5.78 Å². The zero-order chi connectivity index (χ0) is 14.9. The second-order valence-electron chi connectivity index (χ2n) is 7.63. The van der Waals surface area contributed by atoms with E-state index in [1.807, 2.05) is 6.07 Å². The minimum Gasteiger partial charge on any atom is -0.294 e. The molecule has 1 aromatic rings. The molecule has 2 fully saturated rings. The van der Waals surface area contributed by atoms with Gasteiger partial charge in [-0.25, -0.2) is 0 Å². The van der Waals surface area contributed by atoms with Crippen LogP contribution in [-0.2, 0) is 0 Å². The van der Waals surface area contributed by atoms with Gasteiger partial charge in [0.05, 0.1) is 0 Å². The summed E-state index contributed by atoms with van der Waals surface area (Å²) in [4.78, 5) is 13.4. The third-order valence-electron chi connectivity index (χ3n) is 5.59. The fourth-order valence-electron chi connectivity index (χ4n) is 4.42. The Balaban J connectivity index is 1.93. The maximum absolute atomic E-state index is 13.4. The second-order valence-corrected chi connectivity index (χ2v) is 7.63. The summed E-state index contributed by atoms with van der Waals surface area (Å²) >= 11 is 0. The van der Waals surface area contributed by atoms with E-state index in [-0.39, 0.29) is 5.41 Å². The standard InChI is InChI=1S/C20H28O/c1-15(2)14-20(12-5-6-13-20)19(21)18-11-4-3-10-17(18)16-8-7-9-16/h3-4,10-11,15-16H,5-9,12-14H2,1-2H3. The van der Waals surface area contributed by atoms with Gasteiger partial charge < -0.3 is 0 Å². The summed E-state index contributed by atoms with van der Waals surface area (Å²) in [6.45, 7) is 4.51. The second kappa shape index (κ2) is 5.94. The number of hydrogen-bond acceptors (Lipinski definition) is 1. The Morgan fingerprint density at radius 1 is 1.14 bits per heavy atom. The van der Waals surface area contributed by atoms with Gasteiger partial charge in [-0.3, -0.25) is 4.79 Å². The van der Waals surface area contributed by atoms with Crippen LogP contribution >= 0.6 is 0 Å². The zero-order valence-electron chi connectivity index (χ0n) is 13.5. The normalized spacial score (nSPS) is 21.5. The van der Waals surface area contributed by atoms with Crippen molar-refractivity contribution in [3.05, 3.63) is 35.4 Å². The molecule has 3 rings (SSSR count). The maximum Gasteiger partial charge on any atom is 0.169 e. The van der Waals surface area contributed by atoms with Crippen molar-refractivity contribution in [1.29, 1.82) is 0 Å². The lowest BCUT2D eigenvalue weighted by molar-refractivity contribution is 0.0757. The van der Waals surface area contributed by atoms with Crippen LogP contribution in [0.15, 0.2) is 24.3 Å². The minimum atomic E-state index is -0.0615. The Kier molecular flexibility index (Phi) is 4.19. The average Bonchev–Trinajstić information content (AvgIpc) is 2.85. The number of rotatable bonds is 5. The Hall–Kier alpha value is -1.11. The summed E-state index contributed by atoms with van der Waals surface area (Å²) < 4.78 is 0. The monoisotopic (exact) mass is 284 g/mol. The molecule has 0 heterocycles. The molecule has 0 atom stereocenters. The molecule has 0 bridgehead atoms. The van der Waals surface area contributed by atoms with Gasteiger partial charge in [0, 0.05) is 11.0 Å². The molecule has 2 saturated carbocycles. The summed E-state index contributed by atoms with van der Waals surface area (Å²) in [7, 11) is 0. The molecule has 1 nitrogen and oxygen atoms in total. The van der Waals surface area contributed by atoms with Crippen molar-refractivity contribution in [2.24, 2.45) is 11.3 Å². The molecular formula is C20H28O. The van der Waals surface area contributed by atoms with Crippen LogP contribution in [0.1, 0.15) is 87.1 Å². The summed E-state index contributed by atoms with van der Waals surface area (Å²) in [6, 6.07) is 8.45. The van der Waals surface area contributed by atoms with Crippen molar-refractivity contribution in [3.63, 3.8) is 0 Å². The van der Waals surface area contributed by atoms with Gasteiger partial charge in [-0.05, 0) is 49.5 Å². The van der Waals surface area contributed by atoms with Crippen molar-refractivity contribution in [2.75, 3.05) is 0 Å². The Morgan fingerprint density at radius 2 is 1.81 bits per heavy atom. The van der Waals surface area contributed by atoms with Crippen LogP contribution in [0.2, 0.25) is 0 Å². The van der Waals surface area contributed by atoms with E-state index in [0.29, 0.717) is 17.6 Å². The quantitative estimate of drug-likeness (QED) is 0.630. The first-order valence-electron chi connectivity index (χ1n) is 8.76. The molecule has 1 heteroatoms. The fraction of sp³-hybridized carbons (Fsp3) is 0.650. The van der Waals surface area contributed by atoms with Crippen LogP contribution in [0.4, 0.5) is 0 Å². The largest absolute Gasteiger partial charge is 0.294 e. The summed E-state index contributed by atoms with van der Waals surface area (Å²) in [5, 5.41) is 0. The van der Waals surface area contributed by atoms with Gasteiger partial charge in [0.15, 0.2) is 5.78 Å². The molecule has 21 heavy (non-hydrogen) atoms. The van der Waals surface area contributed by atoms with E-state index in [0.717, 1.165) is 24.8 Å². The molecule has 0 aromatic heterocycles. The fourth-order valence-corrected chi connectivity index (χ4v) is 4.42. The zero-order valence-corrected chi connectivity index (χ0v) is 13.5. The van der Waals surface area contributed by atoms with E-state index in [1.165, 1.54) is 37.7 Å². The van der Waals surface area contributed by atoms with E-state index in [2.05, 4.69) is 32.0 Å². The highest BCUT2D eigenvalue weighted by atomic mass is 16.1. The Bertz CT molecular complexity index is 504. The maximum atomic E-state index is 13.4. The topological polar surface area (TPSA) is 17.1 Å². The van der Waals surface area contributed by atoms with E-state index in [4.69, 9.17) is 0 Å². The smallest absolute Gasteiger partial charge is 0.169 e. The molecule has 0 spiro atoms. The molecule has 0 amide bonds. The number of hydrogen-bond donors (Lipinski definition) is 0. The predicted octanol–water partition coefficient (Wildman–Crippen LogP) is 5.74. The molecule has 0 saturated heterocycles. The van der Waals surface area contributed by atoms with E-state index in [9.17, 15) is 4.79 Å². The van der Waals surface area contributed by atoms with Gasteiger partial charge in [-0.2, -0.15) is 0 Å². The van der Waals surface area contributed by atoms with Gasteiger partial charge >= 0.3 is 0 Å². The predicted molar refractivity (Wildman–Crippen MR) is 87.7 cm³/mol. The Labute approximate surface area is 129 Å². The first-order chi connectivity index (χ1) is 10.1.